The third kappa shape index (κ3) is 3.97. The molecule has 16 heavy (non-hydrogen) atoms. The van der Waals surface area contributed by atoms with Crippen LogP contribution in [0.25, 0.3) is 0 Å². The van der Waals surface area contributed by atoms with Crippen molar-refractivity contribution in [1.82, 2.24) is 0 Å². The molecule has 0 aliphatic heterocycles. The van der Waals surface area contributed by atoms with Crippen molar-refractivity contribution in [3.63, 3.8) is 0 Å². The van der Waals surface area contributed by atoms with Gasteiger partial charge in [0.2, 0.25) is 0 Å². The molecule has 2 unspecified atom stereocenters. The maximum atomic E-state index is 13.1. The fraction of sp³-hybridized carbons (Fsp3) is 0.583. The summed E-state index contributed by atoms with van der Waals surface area (Å²) in [5, 5.41) is 9.08. The van der Waals surface area contributed by atoms with E-state index >= 15 is 0 Å². The predicted molar refractivity (Wildman–Crippen MR) is 62.4 cm³/mol. The van der Waals surface area contributed by atoms with Crippen molar-refractivity contribution < 1.29 is 14.3 Å². The van der Waals surface area contributed by atoms with Gasteiger partial charge in [-0.2, -0.15) is 0 Å². The molecule has 0 aromatic carbocycles. The zero-order valence-electron chi connectivity index (χ0n) is 9.03. The zero-order chi connectivity index (χ0) is 12.0. The van der Waals surface area contributed by atoms with Crippen LogP contribution in [0.3, 0.4) is 0 Å². The lowest BCUT2D eigenvalue weighted by Crippen LogP contribution is -2.18. The van der Waals surface area contributed by atoms with E-state index in [-0.39, 0.29) is 0 Å². The van der Waals surface area contributed by atoms with E-state index in [9.17, 15) is 9.18 Å². The van der Waals surface area contributed by atoms with Crippen LogP contribution in [-0.2, 0) is 4.79 Å². The van der Waals surface area contributed by atoms with Crippen LogP contribution in [0.2, 0.25) is 0 Å². The first-order valence-corrected chi connectivity index (χ1v) is 5.99. The average molecular weight is 247 g/mol. The summed E-state index contributed by atoms with van der Waals surface area (Å²) in [6, 6.07) is 0. The summed E-state index contributed by atoms with van der Waals surface area (Å²) in [5.41, 5.74) is 0.584. The first-order valence-electron chi connectivity index (χ1n) is 5.46. The van der Waals surface area contributed by atoms with Crippen molar-refractivity contribution in [3.8, 4) is 0 Å². The maximum Gasteiger partial charge on any atom is 0.310 e. The van der Waals surface area contributed by atoms with Gasteiger partial charge in [0.1, 0.15) is 6.17 Å². The van der Waals surface area contributed by atoms with Crippen LogP contribution >= 0.6 is 11.6 Å². The third-order valence-corrected chi connectivity index (χ3v) is 2.89. The highest BCUT2D eigenvalue weighted by Gasteiger charge is 2.22. The molecule has 0 heterocycles. The van der Waals surface area contributed by atoms with E-state index in [1.165, 1.54) is 6.08 Å². The van der Waals surface area contributed by atoms with Gasteiger partial charge in [0.25, 0.3) is 0 Å². The Morgan fingerprint density at radius 2 is 2.38 bits per heavy atom. The minimum Gasteiger partial charge on any atom is -0.481 e. The van der Waals surface area contributed by atoms with Crippen molar-refractivity contribution >= 4 is 17.6 Å². The molecule has 1 N–H and O–H groups in total. The van der Waals surface area contributed by atoms with Gasteiger partial charge in [0.15, 0.2) is 0 Å². The van der Waals surface area contributed by atoms with Gasteiger partial charge in [0, 0.05) is 12.3 Å². The molecule has 0 aromatic heterocycles. The van der Waals surface area contributed by atoms with Gasteiger partial charge in [0.05, 0.1) is 5.92 Å². The molecule has 1 aliphatic rings. The Morgan fingerprint density at radius 1 is 1.62 bits per heavy atom. The quantitative estimate of drug-likeness (QED) is 0.577. The molecule has 0 aromatic rings. The molecule has 0 radical (unpaired) electrons. The smallest absolute Gasteiger partial charge is 0.310 e. The minimum atomic E-state index is -1.05. The summed E-state index contributed by atoms with van der Waals surface area (Å²) < 4.78 is 13.1. The van der Waals surface area contributed by atoms with Gasteiger partial charge >= 0.3 is 5.97 Å². The van der Waals surface area contributed by atoms with Gasteiger partial charge in [-0.1, -0.05) is 18.6 Å². The van der Waals surface area contributed by atoms with E-state index in [0.717, 1.165) is 12.8 Å². The highest BCUT2D eigenvalue weighted by atomic mass is 35.5. The van der Waals surface area contributed by atoms with Crippen LogP contribution in [0.4, 0.5) is 4.39 Å². The minimum absolute atomic E-state index is 0.345. The number of aliphatic carboxylic acids is 1. The van der Waals surface area contributed by atoms with Crippen LogP contribution in [0.5, 0.6) is 0 Å². The van der Waals surface area contributed by atoms with Crippen molar-refractivity contribution in [2.45, 2.75) is 31.9 Å². The lowest BCUT2D eigenvalue weighted by Gasteiger charge is -2.17. The number of carboxylic acid groups (broad SMARTS) is 1. The van der Waals surface area contributed by atoms with Crippen molar-refractivity contribution in [2.24, 2.45) is 5.92 Å². The molecule has 0 amide bonds. The fourth-order valence-corrected chi connectivity index (χ4v) is 1.96. The topological polar surface area (TPSA) is 37.3 Å². The Hall–Kier alpha value is -0.830. The molecule has 90 valence electrons. The number of alkyl halides is 2. The largest absolute Gasteiger partial charge is 0.481 e. The fourth-order valence-electron chi connectivity index (χ4n) is 1.77. The van der Waals surface area contributed by atoms with Crippen molar-refractivity contribution in [2.75, 3.05) is 5.88 Å². The van der Waals surface area contributed by atoms with E-state index in [0.29, 0.717) is 24.3 Å². The highest BCUT2D eigenvalue weighted by molar-refractivity contribution is 6.17. The summed E-state index contributed by atoms with van der Waals surface area (Å²) in [7, 11) is 0. The molecule has 2 nitrogen and oxygen atoms in total. The summed E-state index contributed by atoms with van der Waals surface area (Å²) in [6.45, 7) is 0. The molecule has 0 saturated carbocycles. The van der Waals surface area contributed by atoms with E-state index in [1.54, 1.807) is 12.2 Å². The zero-order valence-corrected chi connectivity index (χ0v) is 9.79. The van der Waals surface area contributed by atoms with E-state index in [2.05, 4.69) is 0 Å². The molecule has 0 fully saturated rings. The number of carbonyl (C=O) groups is 1. The molecule has 4 heteroatoms. The second kappa shape index (κ2) is 6.69. The molecule has 0 bridgehead atoms. The first kappa shape index (κ1) is 13.2. The molecular weight excluding hydrogens is 231 g/mol. The molecule has 1 aliphatic carbocycles. The lowest BCUT2D eigenvalue weighted by molar-refractivity contribution is -0.140. The second-order valence-electron chi connectivity index (χ2n) is 3.90. The number of carboxylic acids is 1. The third-order valence-electron chi connectivity index (χ3n) is 2.62. The number of rotatable bonds is 6. The second-order valence-corrected chi connectivity index (χ2v) is 4.27. The first-order chi connectivity index (χ1) is 7.65. The number of hydrogen-bond acceptors (Lipinski definition) is 1. The van der Waals surface area contributed by atoms with Crippen molar-refractivity contribution in [3.05, 3.63) is 23.8 Å². The molecule has 0 saturated heterocycles. The molecule has 2 atom stereocenters. The molecular formula is C12H16ClFO2. The number of halogens is 2. The average Bonchev–Trinajstić information content (AvgIpc) is 2.24. The van der Waals surface area contributed by atoms with Crippen LogP contribution < -0.4 is 0 Å². The summed E-state index contributed by atoms with van der Waals surface area (Å²) >= 11 is 5.54. The number of unbranched alkanes of at least 4 members (excludes halogenated alkanes) is 1. The predicted octanol–water partition coefficient (Wildman–Crippen LogP) is 3.32. The van der Waals surface area contributed by atoms with E-state index in [4.69, 9.17) is 16.7 Å². The SMILES string of the molecule is O=C(O)C(CCCCCl)C1=CC(F)CC=C1. The van der Waals surface area contributed by atoms with Gasteiger partial charge in [-0.15, -0.1) is 11.6 Å². The Kier molecular flexibility index (Phi) is 5.53. The van der Waals surface area contributed by atoms with Crippen LogP contribution in [-0.4, -0.2) is 23.1 Å². The van der Waals surface area contributed by atoms with Gasteiger partial charge in [-0.25, -0.2) is 4.39 Å². The van der Waals surface area contributed by atoms with Gasteiger partial charge in [-0.3, -0.25) is 4.79 Å². The number of hydrogen-bond donors (Lipinski definition) is 1. The summed E-state index contributed by atoms with van der Waals surface area (Å²) in [4.78, 5) is 11.1. The maximum absolute atomic E-state index is 13.1. The van der Waals surface area contributed by atoms with Crippen LogP contribution in [0.1, 0.15) is 25.7 Å². The Morgan fingerprint density at radius 3 is 2.94 bits per heavy atom. The van der Waals surface area contributed by atoms with E-state index < -0.39 is 18.1 Å². The molecule has 1 rings (SSSR count). The van der Waals surface area contributed by atoms with E-state index in [1.807, 2.05) is 0 Å². The highest BCUT2D eigenvalue weighted by Crippen LogP contribution is 2.25. The van der Waals surface area contributed by atoms with Crippen molar-refractivity contribution in [1.29, 1.82) is 0 Å². The van der Waals surface area contributed by atoms with Crippen LogP contribution in [0, 0.1) is 5.92 Å². The van der Waals surface area contributed by atoms with Gasteiger partial charge in [-0.05, 0) is 24.5 Å². The normalized spacial score (nSPS) is 21.6. The summed E-state index contributed by atoms with van der Waals surface area (Å²) in [5.74, 6) is -0.954. The standard InChI is InChI=1S/C12H16ClFO2/c13-7-2-1-6-11(12(15)16)9-4-3-5-10(14)8-9/h3-4,8,10-11H,1-2,5-7H2,(H,15,16). The Balaban J connectivity index is 2.62. The Bertz CT molecular complexity index is 299. The summed E-state index contributed by atoms with van der Waals surface area (Å²) in [6.07, 6.45) is 6.19. The van der Waals surface area contributed by atoms with Crippen LogP contribution in [0.15, 0.2) is 23.8 Å². The monoisotopic (exact) mass is 246 g/mol. The lowest BCUT2D eigenvalue weighted by atomic mass is 9.89. The van der Waals surface area contributed by atoms with Gasteiger partial charge < -0.3 is 5.11 Å². The Labute approximate surface area is 99.8 Å². The molecule has 0 spiro atoms. The number of allylic oxidation sites excluding steroid dienone is 3.